The molecule has 0 bridgehead atoms. The van der Waals surface area contributed by atoms with E-state index >= 15 is 0 Å². The summed E-state index contributed by atoms with van der Waals surface area (Å²) >= 11 is 8.11. The molecule has 1 atom stereocenters. The third kappa shape index (κ3) is 3.33. The van der Waals surface area contributed by atoms with Crippen molar-refractivity contribution in [3.05, 3.63) is 55.7 Å². The van der Waals surface area contributed by atoms with Gasteiger partial charge < -0.3 is 5.32 Å². The first-order valence-electron chi connectivity index (χ1n) is 7.70. The van der Waals surface area contributed by atoms with Crippen LogP contribution in [-0.4, -0.2) is 7.05 Å². The fraction of sp³-hybridized carbons (Fsp3) is 0.444. The van der Waals surface area contributed by atoms with Gasteiger partial charge in [-0.2, -0.15) is 0 Å². The highest BCUT2D eigenvalue weighted by Crippen LogP contribution is 2.36. The van der Waals surface area contributed by atoms with Gasteiger partial charge >= 0.3 is 0 Å². The minimum Gasteiger partial charge on any atom is -0.309 e. The van der Waals surface area contributed by atoms with Gasteiger partial charge in [-0.25, -0.2) is 0 Å². The Labute approximate surface area is 137 Å². The molecule has 0 spiro atoms. The molecule has 0 amide bonds. The standard InChI is InChI=1S/C18H24ClNS/c1-5-12-10-13(6-2)16(14(7-3)11-12)17(20-4)18-15(19)8-9-21-18/h8-11,17,20H,5-7H2,1-4H3. The lowest BCUT2D eigenvalue weighted by atomic mass is 9.88. The summed E-state index contributed by atoms with van der Waals surface area (Å²) in [5.41, 5.74) is 5.73. The monoisotopic (exact) mass is 321 g/mol. The summed E-state index contributed by atoms with van der Waals surface area (Å²) in [6.45, 7) is 6.69. The van der Waals surface area contributed by atoms with Gasteiger partial charge in [0.2, 0.25) is 0 Å². The molecule has 0 aliphatic rings. The Hall–Kier alpha value is -0.830. The fourth-order valence-electron chi connectivity index (χ4n) is 2.93. The molecule has 1 N–H and O–H groups in total. The topological polar surface area (TPSA) is 12.0 Å². The molecule has 1 aromatic carbocycles. The lowest BCUT2D eigenvalue weighted by Gasteiger charge is -2.23. The molecule has 114 valence electrons. The van der Waals surface area contributed by atoms with E-state index in [0.717, 1.165) is 24.3 Å². The second-order valence-corrected chi connectivity index (χ2v) is 6.60. The average Bonchev–Trinajstić information content (AvgIpc) is 2.94. The van der Waals surface area contributed by atoms with E-state index in [1.807, 2.05) is 13.1 Å². The van der Waals surface area contributed by atoms with Crippen LogP contribution in [0.1, 0.15) is 53.9 Å². The van der Waals surface area contributed by atoms with Gasteiger partial charge in [-0.05, 0) is 60.0 Å². The summed E-state index contributed by atoms with van der Waals surface area (Å²) < 4.78 is 0. The van der Waals surface area contributed by atoms with Crippen LogP contribution in [-0.2, 0) is 19.3 Å². The summed E-state index contributed by atoms with van der Waals surface area (Å²) in [4.78, 5) is 1.22. The molecule has 0 fully saturated rings. The van der Waals surface area contributed by atoms with Crippen molar-refractivity contribution in [2.75, 3.05) is 7.05 Å². The maximum Gasteiger partial charge on any atom is 0.0689 e. The Bertz CT molecular complexity index is 578. The van der Waals surface area contributed by atoms with E-state index in [2.05, 4.69) is 43.6 Å². The van der Waals surface area contributed by atoms with E-state index in [1.165, 1.54) is 27.1 Å². The Morgan fingerprint density at radius 1 is 1.10 bits per heavy atom. The Balaban J connectivity index is 2.62. The van der Waals surface area contributed by atoms with Crippen molar-refractivity contribution in [1.29, 1.82) is 0 Å². The van der Waals surface area contributed by atoms with Crippen molar-refractivity contribution in [3.8, 4) is 0 Å². The SMILES string of the molecule is CCc1cc(CC)c(C(NC)c2sccc2Cl)c(CC)c1. The molecule has 0 saturated carbocycles. The molecule has 1 unspecified atom stereocenters. The van der Waals surface area contributed by atoms with Gasteiger partial charge in [0.1, 0.15) is 0 Å². The maximum atomic E-state index is 6.38. The van der Waals surface area contributed by atoms with Crippen molar-refractivity contribution in [1.82, 2.24) is 5.32 Å². The summed E-state index contributed by atoms with van der Waals surface area (Å²) in [5.74, 6) is 0. The highest BCUT2D eigenvalue weighted by atomic mass is 35.5. The van der Waals surface area contributed by atoms with Crippen LogP contribution in [0.25, 0.3) is 0 Å². The average molecular weight is 322 g/mol. The molecule has 1 heterocycles. The number of rotatable bonds is 6. The number of benzene rings is 1. The predicted molar refractivity (Wildman–Crippen MR) is 94.8 cm³/mol. The molecule has 21 heavy (non-hydrogen) atoms. The molecule has 3 heteroatoms. The second kappa shape index (κ2) is 7.44. The second-order valence-electron chi connectivity index (χ2n) is 5.24. The van der Waals surface area contributed by atoms with Crippen molar-refractivity contribution in [3.63, 3.8) is 0 Å². The van der Waals surface area contributed by atoms with E-state index < -0.39 is 0 Å². The largest absolute Gasteiger partial charge is 0.309 e. The zero-order chi connectivity index (χ0) is 15.4. The van der Waals surface area contributed by atoms with Gasteiger partial charge in [0.05, 0.1) is 11.1 Å². The zero-order valence-corrected chi connectivity index (χ0v) is 14.9. The minimum absolute atomic E-state index is 0.188. The first kappa shape index (κ1) is 16.5. The highest BCUT2D eigenvalue weighted by Gasteiger charge is 2.22. The van der Waals surface area contributed by atoms with E-state index in [9.17, 15) is 0 Å². The van der Waals surface area contributed by atoms with Crippen molar-refractivity contribution < 1.29 is 0 Å². The summed E-state index contributed by atoms with van der Waals surface area (Å²) in [6, 6.07) is 6.90. The molecule has 0 radical (unpaired) electrons. The van der Waals surface area contributed by atoms with Crippen LogP contribution in [0, 0.1) is 0 Å². The Kier molecular flexibility index (Phi) is 5.86. The molecular weight excluding hydrogens is 298 g/mol. The molecule has 0 saturated heterocycles. The number of aryl methyl sites for hydroxylation is 3. The highest BCUT2D eigenvalue weighted by molar-refractivity contribution is 7.10. The van der Waals surface area contributed by atoms with Crippen molar-refractivity contribution in [2.24, 2.45) is 0 Å². The first-order valence-corrected chi connectivity index (χ1v) is 8.96. The van der Waals surface area contributed by atoms with Crippen LogP contribution >= 0.6 is 22.9 Å². The van der Waals surface area contributed by atoms with E-state index in [4.69, 9.17) is 11.6 Å². The van der Waals surface area contributed by atoms with Crippen LogP contribution in [0.15, 0.2) is 23.6 Å². The molecular formula is C18H24ClNS. The quantitative estimate of drug-likeness (QED) is 0.751. The Morgan fingerprint density at radius 3 is 2.10 bits per heavy atom. The Morgan fingerprint density at radius 2 is 1.71 bits per heavy atom. The number of thiophene rings is 1. The summed E-state index contributed by atoms with van der Waals surface area (Å²) in [5, 5.41) is 6.41. The van der Waals surface area contributed by atoms with Gasteiger partial charge in [-0.15, -0.1) is 11.3 Å². The normalized spacial score (nSPS) is 12.6. The molecule has 2 aromatic rings. The number of halogens is 1. The van der Waals surface area contributed by atoms with Gasteiger partial charge in [-0.1, -0.05) is 44.5 Å². The first-order chi connectivity index (χ1) is 10.2. The number of hydrogen-bond donors (Lipinski definition) is 1. The maximum absolute atomic E-state index is 6.38. The molecule has 1 aromatic heterocycles. The molecule has 0 aliphatic heterocycles. The van der Waals surface area contributed by atoms with Crippen LogP contribution < -0.4 is 5.32 Å². The third-order valence-corrected chi connectivity index (χ3v) is 5.49. The lowest BCUT2D eigenvalue weighted by molar-refractivity contribution is 0.686. The van der Waals surface area contributed by atoms with Crippen molar-refractivity contribution >= 4 is 22.9 Å². The van der Waals surface area contributed by atoms with E-state index in [0.29, 0.717) is 0 Å². The molecule has 0 aliphatic carbocycles. The van der Waals surface area contributed by atoms with Crippen LogP contribution in [0.3, 0.4) is 0 Å². The van der Waals surface area contributed by atoms with Gasteiger partial charge in [0.25, 0.3) is 0 Å². The molecule has 1 nitrogen and oxygen atoms in total. The van der Waals surface area contributed by atoms with E-state index in [1.54, 1.807) is 11.3 Å². The van der Waals surface area contributed by atoms with Crippen LogP contribution in [0.4, 0.5) is 0 Å². The minimum atomic E-state index is 0.188. The van der Waals surface area contributed by atoms with Crippen LogP contribution in [0.5, 0.6) is 0 Å². The lowest BCUT2D eigenvalue weighted by Crippen LogP contribution is -2.20. The number of hydrogen-bond acceptors (Lipinski definition) is 2. The number of nitrogens with one attached hydrogen (secondary N) is 1. The predicted octanol–water partition coefficient (Wildman–Crippen LogP) is 5.40. The van der Waals surface area contributed by atoms with Gasteiger partial charge in [0.15, 0.2) is 0 Å². The fourth-order valence-corrected chi connectivity index (χ4v) is 4.21. The van der Waals surface area contributed by atoms with Crippen molar-refractivity contribution in [2.45, 2.75) is 46.1 Å². The third-order valence-electron chi connectivity index (χ3n) is 4.07. The zero-order valence-electron chi connectivity index (χ0n) is 13.3. The summed E-state index contributed by atoms with van der Waals surface area (Å²) in [7, 11) is 2.02. The van der Waals surface area contributed by atoms with Crippen LogP contribution in [0.2, 0.25) is 5.02 Å². The molecule has 2 rings (SSSR count). The smallest absolute Gasteiger partial charge is 0.0689 e. The summed E-state index contributed by atoms with van der Waals surface area (Å²) in [6.07, 6.45) is 3.19. The van der Waals surface area contributed by atoms with E-state index in [-0.39, 0.29) is 6.04 Å². The van der Waals surface area contributed by atoms with Gasteiger partial charge in [-0.3, -0.25) is 0 Å². The van der Waals surface area contributed by atoms with Gasteiger partial charge in [0, 0.05) is 4.88 Å².